The maximum atomic E-state index is 6.16. The normalized spacial score (nSPS) is 15.5. The Morgan fingerprint density at radius 2 is 2.05 bits per heavy atom. The lowest BCUT2D eigenvalue weighted by atomic mass is 9.83. The number of hydrogen-bond donors (Lipinski definition) is 1. The van der Waals surface area contributed by atoms with E-state index < -0.39 is 0 Å². The Morgan fingerprint density at radius 3 is 2.47 bits per heavy atom. The van der Waals surface area contributed by atoms with Crippen LogP contribution >= 0.6 is 38.9 Å². The van der Waals surface area contributed by atoms with Crippen molar-refractivity contribution in [3.63, 3.8) is 0 Å². The highest BCUT2D eigenvalue weighted by Gasteiger charge is 2.21. The van der Waals surface area contributed by atoms with E-state index in [-0.39, 0.29) is 0 Å². The van der Waals surface area contributed by atoms with Gasteiger partial charge in [0.15, 0.2) is 0 Å². The molecule has 0 aromatic carbocycles. The second-order valence-electron chi connectivity index (χ2n) is 6.49. The van der Waals surface area contributed by atoms with Gasteiger partial charge < -0.3 is 5.32 Å². The predicted molar refractivity (Wildman–Crippen MR) is 91.3 cm³/mol. The van der Waals surface area contributed by atoms with Crippen LogP contribution in [0.1, 0.15) is 58.4 Å². The van der Waals surface area contributed by atoms with E-state index in [2.05, 4.69) is 61.9 Å². The minimum atomic E-state index is 0.393. The molecule has 0 spiro atoms. The molecular weight excluding hydrogens is 342 g/mol. The van der Waals surface area contributed by atoms with E-state index in [0.717, 1.165) is 21.8 Å². The zero-order valence-corrected chi connectivity index (χ0v) is 15.7. The molecule has 0 amide bonds. The minimum Gasteiger partial charge on any atom is -0.310 e. The molecular formula is C15H25BrClNS. The summed E-state index contributed by atoms with van der Waals surface area (Å²) in [5.74, 6) is 0.698. The highest BCUT2D eigenvalue weighted by Crippen LogP contribution is 2.38. The first-order valence-electron chi connectivity index (χ1n) is 6.91. The fourth-order valence-corrected chi connectivity index (χ4v) is 4.44. The van der Waals surface area contributed by atoms with Crippen molar-refractivity contribution in [1.29, 1.82) is 0 Å². The van der Waals surface area contributed by atoms with Crippen molar-refractivity contribution in [2.75, 3.05) is 6.54 Å². The van der Waals surface area contributed by atoms with Crippen LogP contribution in [0.2, 0.25) is 4.34 Å². The van der Waals surface area contributed by atoms with Gasteiger partial charge in [0.1, 0.15) is 4.34 Å². The largest absolute Gasteiger partial charge is 0.310 e. The number of hydrogen-bond acceptors (Lipinski definition) is 2. The van der Waals surface area contributed by atoms with Crippen LogP contribution in [0, 0.1) is 11.3 Å². The van der Waals surface area contributed by atoms with Crippen molar-refractivity contribution in [3.8, 4) is 0 Å². The summed E-state index contributed by atoms with van der Waals surface area (Å²) in [7, 11) is 0. The van der Waals surface area contributed by atoms with Gasteiger partial charge in [0.05, 0.1) is 0 Å². The summed E-state index contributed by atoms with van der Waals surface area (Å²) < 4.78 is 1.86. The van der Waals surface area contributed by atoms with Crippen molar-refractivity contribution >= 4 is 38.9 Å². The SMILES string of the molecule is CCNC(CC(C)CC(C)(C)C)c1cc(Br)c(Cl)s1. The van der Waals surface area contributed by atoms with Gasteiger partial charge in [0.25, 0.3) is 0 Å². The molecule has 0 aliphatic carbocycles. The van der Waals surface area contributed by atoms with Crippen molar-refractivity contribution in [2.24, 2.45) is 11.3 Å². The summed E-state index contributed by atoms with van der Waals surface area (Å²) in [6.07, 6.45) is 2.41. The van der Waals surface area contributed by atoms with Gasteiger partial charge in [-0.25, -0.2) is 0 Å². The summed E-state index contributed by atoms with van der Waals surface area (Å²) in [5.41, 5.74) is 0.393. The van der Waals surface area contributed by atoms with E-state index in [1.54, 1.807) is 11.3 Å². The molecule has 0 aliphatic rings. The molecule has 0 saturated heterocycles. The van der Waals surface area contributed by atoms with Crippen LogP contribution in [0.15, 0.2) is 10.5 Å². The predicted octanol–water partition coefficient (Wildman–Crippen LogP) is 6.28. The minimum absolute atomic E-state index is 0.393. The second kappa shape index (κ2) is 7.44. The van der Waals surface area contributed by atoms with Crippen LogP contribution in [0.5, 0.6) is 0 Å². The molecule has 110 valence electrons. The number of thiophene rings is 1. The van der Waals surface area contributed by atoms with Crippen LogP contribution in [0.3, 0.4) is 0 Å². The zero-order chi connectivity index (χ0) is 14.6. The first kappa shape index (κ1) is 17.5. The average molecular weight is 367 g/mol. The molecule has 0 fully saturated rings. The fourth-order valence-electron chi connectivity index (χ4n) is 2.61. The monoisotopic (exact) mass is 365 g/mol. The van der Waals surface area contributed by atoms with E-state index in [1.807, 2.05) is 0 Å². The summed E-state index contributed by atoms with van der Waals surface area (Å²) >= 11 is 11.3. The van der Waals surface area contributed by atoms with Gasteiger partial charge in [-0.1, -0.05) is 46.2 Å². The van der Waals surface area contributed by atoms with Gasteiger partial charge in [0, 0.05) is 15.4 Å². The maximum absolute atomic E-state index is 6.16. The Kier molecular flexibility index (Phi) is 6.85. The van der Waals surface area contributed by atoms with E-state index in [4.69, 9.17) is 11.6 Å². The molecule has 0 aliphatic heterocycles. The topological polar surface area (TPSA) is 12.0 Å². The third-order valence-corrected chi connectivity index (χ3v) is 5.65. The van der Waals surface area contributed by atoms with Crippen molar-refractivity contribution < 1.29 is 0 Å². The molecule has 0 radical (unpaired) electrons. The summed E-state index contributed by atoms with van der Waals surface area (Å²) in [6.45, 7) is 12.4. The van der Waals surface area contributed by atoms with E-state index in [1.165, 1.54) is 11.3 Å². The highest BCUT2D eigenvalue weighted by atomic mass is 79.9. The van der Waals surface area contributed by atoms with Gasteiger partial charge in [0.2, 0.25) is 0 Å². The summed E-state index contributed by atoms with van der Waals surface area (Å²) in [5, 5.41) is 3.59. The van der Waals surface area contributed by atoms with E-state index in [0.29, 0.717) is 17.4 Å². The lowest BCUT2D eigenvalue weighted by molar-refractivity contribution is 0.277. The first-order chi connectivity index (χ1) is 8.73. The molecule has 2 atom stereocenters. The molecule has 1 aromatic heterocycles. The average Bonchev–Trinajstić information content (AvgIpc) is 2.56. The van der Waals surface area contributed by atoms with Crippen LogP contribution in [-0.2, 0) is 0 Å². The molecule has 1 aromatic rings. The molecule has 2 unspecified atom stereocenters. The Morgan fingerprint density at radius 1 is 1.42 bits per heavy atom. The smallest absolute Gasteiger partial charge is 0.107 e. The van der Waals surface area contributed by atoms with Gasteiger partial charge in [-0.15, -0.1) is 11.3 Å². The number of rotatable bonds is 6. The summed E-state index contributed by atoms with van der Waals surface area (Å²) in [6, 6.07) is 2.57. The Bertz CT molecular complexity index is 378. The van der Waals surface area contributed by atoms with Crippen LogP contribution in [-0.4, -0.2) is 6.54 Å². The van der Waals surface area contributed by atoms with Crippen molar-refractivity contribution in [3.05, 3.63) is 19.8 Å². The van der Waals surface area contributed by atoms with Gasteiger partial charge in [-0.05, 0) is 52.7 Å². The Hall–Kier alpha value is 0.430. The first-order valence-corrected chi connectivity index (χ1v) is 8.89. The number of halogens is 2. The standard InChI is InChI=1S/C15H25BrClNS/c1-6-18-12(7-10(2)9-15(3,4)5)13-8-11(16)14(17)19-13/h8,10,12,18H,6-7,9H2,1-5H3. The van der Waals surface area contributed by atoms with Crippen molar-refractivity contribution in [1.82, 2.24) is 5.32 Å². The van der Waals surface area contributed by atoms with Crippen LogP contribution in [0.4, 0.5) is 0 Å². The summed E-state index contributed by atoms with van der Waals surface area (Å²) in [4.78, 5) is 1.33. The third kappa shape index (κ3) is 6.16. The molecule has 1 heterocycles. The maximum Gasteiger partial charge on any atom is 0.107 e. The van der Waals surface area contributed by atoms with Crippen LogP contribution in [0.25, 0.3) is 0 Å². The Labute approximate surface area is 135 Å². The number of nitrogens with one attached hydrogen (secondary N) is 1. The fraction of sp³-hybridized carbons (Fsp3) is 0.733. The third-order valence-electron chi connectivity index (χ3n) is 3.06. The quantitative estimate of drug-likeness (QED) is 0.625. The molecule has 4 heteroatoms. The van der Waals surface area contributed by atoms with E-state index in [9.17, 15) is 0 Å². The van der Waals surface area contributed by atoms with Crippen LogP contribution < -0.4 is 5.32 Å². The highest BCUT2D eigenvalue weighted by molar-refractivity contribution is 9.10. The second-order valence-corrected chi connectivity index (χ2v) is 9.03. The van der Waals surface area contributed by atoms with Gasteiger partial charge in [-0.2, -0.15) is 0 Å². The molecule has 1 rings (SSSR count). The molecule has 0 saturated carbocycles. The van der Waals surface area contributed by atoms with E-state index >= 15 is 0 Å². The molecule has 19 heavy (non-hydrogen) atoms. The Balaban J connectivity index is 2.72. The lowest BCUT2D eigenvalue weighted by Gasteiger charge is -2.26. The molecule has 0 bridgehead atoms. The van der Waals surface area contributed by atoms with Crippen molar-refractivity contribution in [2.45, 2.75) is 53.5 Å². The lowest BCUT2D eigenvalue weighted by Crippen LogP contribution is -2.23. The molecule has 1 N–H and O–H groups in total. The van der Waals surface area contributed by atoms with Gasteiger partial charge in [-0.3, -0.25) is 0 Å². The van der Waals surface area contributed by atoms with Gasteiger partial charge >= 0.3 is 0 Å². The molecule has 1 nitrogen and oxygen atoms in total. The zero-order valence-electron chi connectivity index (χ0n) is 12.5.